The summed E-state index contributed by atoms with van der Waals surface area (Å²) in [5.74, 6) is -1.59. The lowest BCUT2D eigenvalue weighted by atomic mass is 10.1. The summed E-state index contributed by atoms with van der Waals surface area (Å²) in [6.07, 6.45) is 2.35. The predicted molar refractivity (Wildman–Crippen MR) is 91.4 cm³/mol. The molecule has 3 rings (SSSR count). The van der Waals surface area contributed by atoms with Gasteiger partial charge in [-0.3, -0.25) is 4.79 Å². The Morgan fingerprint density at radius 3 is 2.65 bits per heavy atom. The molecule has 9 nitrogen and oxygen atoms in total. The Bertz CT molecular complexity index is 791. The lowest BCUT2D eigenvalue weighted by molar-refractivity contribution is 0.0685. The highest BCUT2D eigenvalue weighted by atomic mass is 32.2. The molecule has 2 fully saturated rings. The number of nitrogens with zero attached hydrogens (tertiary/aromatic N) is 3. The molecule has 2 aliphatic rings. The number of rotatable bonds is 4. The highest BCUT2D eigenvalue weighted by Gasteiger charge is 2.37. The molecule has 0 spiro atoms. The normalized spacial score (nSPS) is 22.2. The molecule has 1 aromatic heterocycles. The lowest BCUT2D eigenvalue weighted by Gasteiger charge is -2.36. The van der Waals surface area contributed by atoms with Gasteiger partial charge in [0.15, 0.2) is 0 Å². The molecule has 1 aromatic rings. The Kier molecular flexibility index (Phi) is 5.54. The van der Waals surface area contributed by atoms with Crippen molar-refractivity contribution in [2.45, 2.75) is 18.1 Å². The third kappa shape index (κ3) is 3.87. The third-order valence-corrected chi connectivity index (χ3v) is 6.95. The maximum atomic E-state index is 12.8. The van der Waals surface area contributed by atoms with Gasteiger partial charge in [0.2, 0.25) is 10.0 Å². The van der Waals surface area contributed by atoms with E-state index in [-0.39, 0.29) is 23.7 Å². The van der Waals surface area contributed by atoms with Gasteiger partial charge in [-0.05, 0) is 25.0 Å². The van der Waals surface area contributed by atoms with Crippen molar-refractivity contribution < 1.29 is 27.9 Å². The number of sulfonamides is 1. The van der Waals surface area contributed by atoms with Crippen LogP contribution in [0.25, 0.3) is 0 Å². The van der Waals surface area contributed by atoms with Gasteiger partial charge in [0.05, 0.1) is 18.5 Å². The number of carboxylic acid groups (broad SMARTS) is 1. The fraction of sp³-hybridized carbons (Fsp3) is 0.562. The highest BCUT2D eigenvalue weighted by Crippen LogP contribution is 2.22. The quantitative estimate of drug-likeness (QED) is 0.780. The Balaban J connectivity index is 1.74. The van der Waals surface area contributed by atoms with Crippen molar-refractivity contribution in [2.24, 2.45) is 0 Å². The van der Waals surface area contributed by atoms with Crippen LogP contribution in [-0.2, 0) is 14.8 Å². The summed E-state index contributed by atoms with van der Waals surface area (Å²) < 4.78 is 32.3. The van der Waals surface area contributed by atoms with Crippen LogP contribution in [0, 0.1) is 0 Å². The van der Waals surface area contributed by atoms with E-state index in [4.69, 9.17) is 9.84 Å². The van der Waals surface area contributed by atoms with Crippen LogP contribution in [0.4, 0.5) is 0 Å². The summed E-state index contributed by atoms with van der Waals surface area (Å²) in [6, 6.07) is 2.65. The molecule has 3 heterocycles. The molecular weight excluding hydrogens is 362 g/mol. The number of carbonyl (C=O) groups is 2. The minimum atomic E-state index is -3.50. The van der Waals surface area contributed by atoms with E-state index in [0.717, 1.165) is 0 Å². The number of aromatic nitrogens is 1. The van der Waals surface area contributed by atoms with Gasteiger partial charge >= 0.3 is 5.97 Å². The van der Waals surface area contributed by atoms with Crippen molar-refractivity contribution in [1.82, 2.24) is 14.2 Å². The zero-order valence-corrected chi connectivity index (χ0v) is 15.0. The van der Waals surface area contributed by atoms with Crippen LogP contribution >= 0.6 is 0 Å². The first-order chi connectivity index (χ1) is 12.4. The highest BCUT2D eigenvalue weighted by molar-refractivity contribution is 7.89. The number of morpholine rings is 1. The molecule has 0 bridgehead atoms. The second kappa shape index (κ2) is 7.68. The fourth-order valence-corrected chi connectivity index (χ4v) is 5.15. The number of carbonyl (C=O) groups excluding carboxylic acids is 1. The number of piperidine rings is 1. The molecular formula is C16H21N3O6S. The predicted octanol–water partition coefficient (Wildman–Crippen LogP) is 0.0464. The monoisotopic (exact) mass is 383 g/mol. The molecule has 1 atom stereocenters. The molecule has 2 aliphatic heterocycles. The molecule has 0 aromatic carbocycles. The second-order valence-corrected chi connectivity index (χ2v) is 8.52. The van der Waals surface area contributed by atoms with Gasteiger partial charge in [-0.1, -0.05) is 0 Å². The first-order valence-corrected chi connectivity index (χ1v) is 9.95. The van der Waals surface area contributed by atoms with Crippen LogP contribution in [0.15, 0.2) is 18.3 Å². The fourth-order valence-electron chi connectivity index (χ4n) is 3.24. The average molecular weight is 383 g/mol. The molecule has 0 saturated carbocycles. The minimum absolute atomic E-state index is 0.100. The van der Waals surface area contributed by atoms with Crippen LogP contribution in [0.2, 0.25) is 0 Å². The van der Waals surface area contributed by atoms with E-state index in [0.29, 0.717) is 45.7 Å². The molecule has 0 aliphatic carbocycles. The van der Waals surface area contributed by atoms with Gasteiger partial charge in [-0.15, -0.1) is 0 Å². The van der Waals surface area contributed by atoms with Crippen LogP contribution < -0.4 is 0 Å². The standard InChI is InChI=1S/C16H21N3O6S/c20-15(12-3-4-17-14(10-12)16(21)22)18-5-1-2-13(11-18)26(23,24)19-6-8-25-9-7-19/h3-4,10,13H,1-2,5-9,11H2,(H,21,22). The largest absolute Gasteiger partial charge is 0.477 e. The Labute approximate surface area is 151 Å². The van der Waals surface area contributed by atoms with E-state index in [1.165, 1.54) is 27.5 Å². The topological polar surface area (TPSA) is 117 Å². The number of aromatic carboxylic acids is 1. The van der Waals surface area contributed by atoms with Crippen molar-refractivity contribution in [1.29, 1.82) is 0 Å². The number of pyridine rings is 1. The lowest BCUT2D eigenvalue weighted by Crippen LogP contribution is -2.51. The van der Waals surface area contributed by atoms with Gasteiger partial charge in [-0.2, -0.15) is 4.31 Å². The van der Waals surface area contributed by atoms with Crippen molar-refractivity contribution in [2.75, 3.05) is 39.4 Å². The summed E-state index contributed by atoms with van der Waals surface area (Å²) in [6.45, 7) is 1.97. The minimum Gasteiger partial charge on any atom is -0.477 e. The van der Waals surface area contributed by atoms with Crippen LogP contribution in [0.1, 0.15) is 33.7 Å². The van der Waals surface area contributed by atoms with E-state index < -0.39 is 21.2 Å². The van der Waals surface area contributed by atoms with Gasteiger partial charge in [0.25, 0.3) is 5.91 Å². The zero-order valence-electron chi connectivity index (χ0n) is 14.2. The molecule has 26 heavy (non-hydrogen) atoms. The molecule has 1 amide bonds. The number of amides is 1. The van der Waals surface area contributed by atoms with E-state index in [2.05, 4.69) is 4.98 Å². The van der Waals surface area contributed by atoms with Crippen molar-refractivity contribution in [3.63, 3.8) is 0 Å². The first-order valence-electron chi connectivity index (χ1n) is 8.45. The van der Waals surface area contributed by atoms with Gasteiger partial charge in [-0.25, -0.2) is 18.2 Å². The number of ether oxygens (including phenoxy) is 1. The van der Waals surface area contributed by atoms with Gasteiger partial charge in [0, 0.05) is 37.9 Å². The molecule has 0 radical (unpaired) electrons. The van der Waals surface area contributed by atoms with Crippen molar-refractivity contribution >= 4 is 21.9 Å². The summed E-state index contributed by atoms with van der Waals surface area (Å²) in [5, 5.41) is 8.36. The maximum absolute atomic E-state index is 12.8. The third-order valence-electron chi connectivity index (χ3n) is 4.64. The second-order valence-electron chi connectivity index (χ2n) is 6.31. The summed E-state index contributed by atoms with van der Waals surface area (Å²) >= 11 is 0. The Hall–Kier alpha value is -2.04. The first kappa shape index (κ1) is 18.7. The van der Waals surface area contributed by atoms with Gasteiger partial charge in [0.1, 0.15) is 5.69 Å². The van der Waals surface area contributed by atoms with Crippen LogP contribution in [0.3, 0.4) is 0 Å². The maximum Gasteiger partial charge on any atom is 0.354 e. The molecule has 2 saturated heterocycles. The molecule has 10 heteroatoms. The number of carboxylic acids is 1. The van der Waals surface area contributed by atoms with E-state index in [1.807, 2.05) is 0 Å². The van der Waals surface area contributed by atoms with E-state index >= 15 is 0 Å². The molecule has 1 N–H and O–H groups in total. The number of hydrogen-bond acceptors (Lipinski definition) is 6. The summed E-state index contributed by atoms with van der Waals surface area (Å²) in [4.78, 5) is 28.9. The summed E-state index contributed by atoms with van der Waals surface area (Å²) in [7, 11) is -3.50. The van der Waals surface area contributed by atoms with Crippen molar-refractivity contribution in [3.05, 3.63) is 29.6 Å². The van der Waals surface area contributed by atoms with Gasteiger partial charge < -0.3 is 14.7 Å². The van der Waals surface area contributed by atoms with Crippen LogP contribution in [-0.4, -0.2) is 84.2 Å². The van der Waals surface area contributed by atoms with E-state index in [1.54, 1.807) is 0 Å². The molecule has 1 unspecified atom stereocenters. The smallest absolute Gasteiger partial charge is 0.354 e. The zero-order chi connectivity index (χ0) is 18.7. The Morgan fingerprint density at radius 2 is 1.96 bits per heavy atom. The average Bonchev–Trinajstić information content (AvgIpc) is 2.68. The van der Waals surface area contributed by atoms with Crippen LogP contribution in [0.5, 0.6) is 0 Å². The number of hydrogen-bond donors (Lipinski definition) is 1. The van der Waals surface area contributed by atoms with Crippen molar-refractivity contribution in [3.8, 4) is 0 Å². The number of likely N-dealkylation sites (tertiary alicyclic amines) is 1. The Morgan fingerprint density at radius 1 is 1.23 bits per heavy atom. The van der Waals surface area contributed by atoms with E-state index in [9.17, 15) is 18.0 Å². The SMILES string of the molecule is O=C(O)c1cc(C(=O)N2CCCC(S(=O)(=O)N3CCOCC3)C2)ccn1. The summed E-state index contributed by atoms with van der Waals surface area (Å²) in [5.41, 5.74) is -0.0211. The molecule has 142 valence electrons.